The second-order valence-electron chi connectivity index (χ2n) is 5.80. The van der Waals surface area contributed by atoms with Crippen LogP contribution in [0.2, 0.25) is 13.1 Å². The van der Waals surface area contributed by atoms with E-state index in [4.69, 9.17) is 0 Å². The molecule has 0 unspecified atom stereocenters. The fourth-order valence-electron chi connectivity index (χ4n) is 2.58. The van der Waals surface area contributed by atoms with E-state index in [0.29, 0.717) is 0 Å². The van der Waals surface area contributed by atoms with E-state index < -0.39 is 8.96 Å². The minimum atomic E-state index is -0.496. The monoisotopic (exact) mass is 361 g/mol. The smallest absolute Gasteiger partial charge is 1.00 e. The fourth-order valence-corrected chi connectivity index (χ4v) is 4.57. The zero-order valence-corrected chi connectivity index (χ0v) is 16.7. The molecule has 2 radical (unpaired) electrons. The minimum Gasteiger partial charge on any atom is -1.00 e. The average Bonchev–Trinajstić information content (AvgIpc) is 2.56. The summed E-state index contributed by atoms with van der Waals surface area (Å²) in [5.41, 5.74) is 1.57. The van der Waals surface area contributed by atoms with E-state index in [2.05, 4.69) is 74.8 Å². The van der Waals surface area contributed by atoms with E-state index in [0.717, 1.165) is 0 Å². The number of benzene rings is 1. The van der Waals surface area contributed by atoms with Crippen LogP contribution in [0.25, 0.3) is 10.8 Å². The van der Waals surface area contributed by atoms with E-state index in [1.807, 2.05) is 0 Å². The first-order valence-corrected chi connectivity index (χ1v) is 8.60. The van der Waals surface area contributed by atoms with Crippen LogP contribution < -0.4 is 29.4 Å². The quantitative estimate of drug-likeness (QED) is 0.461. The van der Waals surface area contributed by atoms with Gasteiger partial charge in [0.05, 0.1) is 0 Å². The number of anilines is 1. The SMILES string of the molecule is C[Si](C)N(c1cc2ccccc2[cH-]1)C(C)(C)C.[Cl-].[Cl-].[Ti+3]. The van der Waals surface area contributed by atoms with E-state index in [-0.39, 0.29) is 52.1 Å². The summed E-state index contributed by atoms with van der Waals surface area (Å²) in [6.07, 6.45) is 0. The summed E-state index contributed by atoms with van der Waals surface area (Å²) in [6.45, 7) is 11.6. The molecule has 0 N–H and O–H groups in total. The maximum atomic E-state index is 2.58. The van der Waals surface area contributed by atoms with E-state index in [1.165, 1.54) is 16.5 Å². The van der Waals surface area contributed by atoms with Crippen molar-refractivity contribution in [1.29, 1.82) is 0 Å². The number of hydrogen-bond donors (Lipinski definition) is 0. The molecule has 0 fully saturated rings. The Bertz CT molecular complexity index is 487. The predicted molar refractivity (Wildman–Crippen MR) is 79.3 cm³/mol. The third kappa shape index (κ3) is 4.85. The number of rotatable bonds is 2. The first-order valence-electron chi connectivity index (χ1n) is 6.15. The van der Waals surface area contributed by atoms with Gasteiger partial charge in [0.1, 0.15) is 0 Å². The van der Waals surface area contributed by atoms with Gasteiger partial charge in [0.2, 0.25) is 0 Å². The number of nitrogens with zero attached hydrogens (tertiary/aromatic N) is 1. The minimum absolute atomic E-state index is 0. The summed E-state index contributed by atoms with van der Waals surface area (Å²) >= 11 is 0. The molecule has 0 bridgehead atoms. The van der Waals surface area contributed by atoms with Crippen LogP contribution in [0.5, 0.6) is 0 Å². The third-order valence-electron chi connectivity index (χ3n) is 2.98. The van der Waals surface area contributed by atoms with Gasteiger partial charge in [-0.3, -0.25) is 0 Å². The van der Waals surface area contributed by atoms with Gasteiger partial charge < -0.3 is 29.4 Å². The maximum absolute atomic E-state index is 2.58. The fraction of sp³-hybridized carbons (Fsp3) is 0.400. The standard InChI is InChI=1S/C15H21NSi.2ClH.Ti/c1-15(2,3)16(17(4)5)14-10-12-8-6-7-9-13(12)11-14;;;/h6-11H,1-5H3;2*1H;/q-1;;;+3/p-2. The Morgan fingerprint density at radius 3 is 2.05 bits per heavy atom. The number of halogens is 2. The summed E-state index contributed by atoms with van der Waals surface area (Å²) in [4.78, 5) is 0. The summed E-state index contributed by atoms with van der Waals surface area (Å²) in [5, 5.41) is 2.69. The largest absolute Gasteiger partial charge is 3.00 e. The van der Waals surface area contributed by atoms with E-state index in [1.54, 1.807) is 0 Å². The average molecular weight is 362 g/mol. The second kappa shape index (κ2) is 8.55. The van der Waals surface area contributed by atoms with Gasteiger partial charge in [-0.1, -0.05) is 24.8 Å². The van der Waals surface area contributed by atoms with Crippen molar-refractivity contribution < 1.29 is 46.5 Å². The molecular formula is C15H21Cl2NSiTi. The van der Waals surface area contributed by atoms with Crippen LogP contribution in [0.3, 0.4) is 0 Å². The van der Waals surface area contributed by atoms with Crippen molar-refractivity contribution in [2.45, 2.75) is 39.4 Å². The van der Waals surface area contributed by atoms with Crippen LogP contribution in [0.4, 0.5) is 5.69 Å². The van der Waals surface area contributed by atoms with Gasteiger partial charge in [0.15, 0.2) is 8.96 Å². The first kappa shape index (κ1) is 22.4. The molecule has 0 aliphatic heterocycles. The first-order chi connectivity index (χ1) is 7.89. The molecule has 0 saturated carbocycles. The Morgan fingerprint density at radius 2 is 1.60 bits per heavy atom. The van der Waals surface area contributed by atoms with Crippen molar-refractivity contribution in [3.05, 3.63) is 36.4 Å². The van der Waals surface area contributed by atoms with E-state index >= 15 is 0 Å². The van der Waals surface area contributed by atoms with Gasteiger partial charge in [0, 0.05) is 5.54 Å². The van der Waals surface area contributed by atoms with Gasteiger partial charge in [0.25, 0.3) is 0 Å². The van der Waals surface area contributed by atoms with Gasteiger partial charge in [-0.25, -0.2) is 0 Å². The topological polar surface area (TPSA) is 3.24 Å². The molecule has 0 heterocycles. The van der Waals surface area contributed by atoms with Crippen molar-refractivity contribution in [2.75, 3.05) is 4.57 Å². The number of hydrogen-bond acceptors (Lipinski definition) is 1. The number of fused-ring (bicyclic) bond motifs is 1. The molecular weight excluding hydrogens is 341 g/mol. The maximum Gasteiger partial charge on any atom is 3.00 e. The summed E-state index contributed by atoms with van der Waals surface area (Å²) in [7, 11) is -0.496. The Balaban J connectivity index is 0. The molecule has 2 rings (SSSR count). The van der Waals surface area contributed by atoms with Crippen LogP contribution in [-0.4, -0.2) is 14.5 Å². The van der Waals surface area contributed by atoms with Crippen LogP contribution in [-0.2, 0) is 21.7 Å². The van der Waals surface area contributed by atoms with Gasteiger partial charge in [-0.05, 0) is 20.8 Å². The van der Waals surface area contributed by atoms with Gasteiger partial charge >= 0.3 is 21.7 Å². The van der Waals surface area contributed by atoms with Crippen molar-refractivity contribution in [2.24, 2.45) is 0 Å². The molecule has 0 atom stereocenters. The zero-order valence-electron chi connectivity index (χ0n) is 12.7. The Labute approximate surface area is 151 Å². The van der Waals surface area contributed by atoms with Gasteiger partial charge in [-0.2, -0.15) is 0 Å². The Morgan fingerprint density at radius 1 is 1.05 bits per heavy atom. The molecule has 20 heavy (non-hydrogen) atoms. The summed E-state index contributed by atoms with van der Waals surface area (Å²) in [5.74, 6) is 0. The molecule has 5 heteroatoms. The predicted octanol–water partition coefficient (Wildman–Crippen LogP) is -1.58. The van der Waals surface area contributed by atoms with Crippen LogP contribution in [0.1, 0.15) is 20.8 Å². The Hall–Kier alpha value is 0.141. The molecule has 1 nitrogen and oxygen atoms in total. The van der Waals surface area contributed by atoms with Crippen LogP contribution >= 0.6 is 0 Å². The Kier molecular flexibility index (Phi) is 9.59. The molecule has 0 saturated heterocycles. The molecule has 2 aromatic rings. The summed E-state index contributed by atoms with van der Waals surface area (Å²) in [6, 6.07) is 13.2. The molecule has 0 amide bonds. The van der Waals surface area contributed by atoms with Crippen molar-refractivity contribution in [3.63, 3.8) is 0 Å². The molecule has 0 spiro atoms. The van der Waals surface area contributed by atoms with Crippen LogP contribution in [0, 0.1) is 0 Å². The molecule has 0 aliphatic carbocycles. The summed E-state index contributed by atoms with van der Waals surface area (Å²) < 4.78 is 2.58. The molecule has 0 aromatic heterocycles. The van der Waals surface area contributed by atoms with Crippen molar-refractivity contribution >= 4 is 25.4 Å². The molecule has 108 valence electrons. The van der Waals surface area contributed by atoms with Gasteiger partial charge in [-0.15, -0.1) is 41.1 Å². The van der Waals surface area contributed by atoms with Crippen LogP contribution in [0.15, 0.2) is 36.4 Å². The molecule has 0 aliphatic rings. The zero-order chi connectivity index (χ0) is 12.6. The molecule has 2 aromatic carbocycles. The third-order valence-corrected chi connectivity index (χ3v) is 4.80. The van der Waals surface area contributed by atoms with E-state index in [9.17, 15) is 0 Å². The van der Waals surface area contributed by atoms with Crippen molar-refractivity contribution in [3.8, 4) is 0 Å². The van der Waals surface area contributed by atoms with Crippen molar-refractivity contribution in [1.82, 2.24) is 0 Å². The second-order valence-corrected chi connectivity index (χ2v) is 8.14. The normalized spacial score (nSPS) is 10.5.